The first-order valence-electron chi connectivity index (χ1n) is 5.91. The SMILES string of the molecule is Cc1cn(-c2cc(Cl)ccc2Cl)c(NC2CC2)n1. The second-order valence-corrected chi connectivity index (χ2v) is 5.43. The van der Waals surface area contributed by atoms with Crippen LogP contribution in [-0.4, -0.2) is 15.6 Å². The van der Waals surface area contributed by atoms with Crippen LogP contribution in [0, 0.1) is 6.92 Å². The Morgan fingerprint density at radius 3 is 2.83 bits per heavy atom. The first kappa shape index (κ1) is 11.9. The number of nitrogens with one attached hydrogen (secondary N) is 1. The zero-order valence-corrected chi connectivity index (χ0v) is 11.5. The molecule has 1 N–H and O–H groups in total. The molecule has 3 rings (SSSR count). The van der Waals surface area contributed by atoms with Crippen LogP contribution in [0.15, 0.2) is 24.4 Å². The molecule has 0 bridgehead atoms. The molecule has 3 nitrogen and oxygen atoms in total. The van der Waals surface area contributed by atoms with Crippen molar-refractivity contribution in [3.05, 3.63) is 40.1 Å². The standard InChI is InChI=1S/C13H13Cl2N3/c1-8-7-18(13(16-8)17-10-3-4-10)12-6-9(14)2-5-11(12)15/h2,5-7,10H,3-4H2,1H3,(H,16,17). The smallest absolute Gasteiger partial charge is 0.208 e. The van der Waals surface area contributed by atoms with E-state index in [0.717, 1.165) is 17.3 Å². The van der Waals surface area contributed by atoms with Crippen molar-refractivity contribution in [3.63, 3.8) is 0 Å². The molecule has 0 amide bonds. The van der Waals surface area contributed by atoms with Crippen molar-refractivity contribution in [3.8, 4) is 5.69 Å². The van der Waals surface area contributed by atoms with Gasteiger partial charge in [0, 0.05) is 17.3 Å². The summed E-state index contributed by atoms with van der Waals surface area (Å²) in [6.07, 6.45) is 4.37. The van der Waals surface area contributed by atoms with Gasteiger partial charge >= 0.3 is 0 Å². The summed E-state index contributed by atoms with van der Waals surface area (Å²) < 4.78 is 1.96. The number of benzene rings is 1. The summed E-state index contributed by atoms with van der Waals surface area (Å²) in [6.45, 7) is 1.97. The Bertz CT molecular complexity index is 588. The monoisotopic (exact) mass is 281 g/mol. The van der Waals surface area contributed by atoms with Gasteiger partial charge in [0.25, 0.3) is 0 Å². The molecule has 1 aromatic heterocycles. The third-order valence-electron chi connectivity index (χ3n) is 2.90. The lowest BCUT2D eigenvalue weighted by Crippen LogP contribution is -2.07. The van der Waals surface area contributed by atoms with E-state index in [0.29, 0.717) is 16.1 Å². The average molecular weight is 282 g/mol. The summed E-state index contributed by atoms with van der Waals surface area (Å²) >= 11 is 12.3. The van der Waals surface area contributed by atoms with Crippen LogP contribution >= 0.6 is 23.2 Å². The van der Waals surface area contributed by atoms with Gasteiger partial charge in [-0.3, -0.25) is 4.57 Å². The molecule has 1 aliphatic rings. The molecule has 1 fully saturated rings. The Kier molecular flexibility index (Phi) is 2.96. The van der Waals surface area contributed by atoms with Gasteiger partial charge in [0.15, 0.2) is 0 Å². The van der Waals surface area contributed by atoms with E-state index in [-0.39, 0.29) is 0 Å². The van der Waals surface area contributed by atoms with E-state index in [2.05, 4.69) is 10.3 Å². The highest BCUT2D eigenvalue weighted by Gasteiger charge is 2.23. The van der Waals surface area contributed by atoms with E-state index >= 15 is 0 Å². The molecule has 94 valence electrons. The van der Waals surface area contributed by atoms with Gasteiger partial charge in [-0.15, -0.1) is 0 Å². The summed E-state index contributed by atoms with van der Waals surface area (Å²) in [5, 5.41) is 4.73. The van der Waals surface area contributed by atoms with Crippen LogP contribution in [-0.2, 0) is 0 Å². The number of anilines is 1. The van der Waals surface area contributed by atoms with Gasteiger partial charge in [-0.2, -0.15) is 0 Å². The Hall–Kier alpha value is -1.19. The summed E-state index contributed by atoms with van der Waals surface area (Å²) in [5.74, 6) is 0.833. The fourth-order valence-electron chi connectivity index (χ4n) is 1.86. The molecular formula is C13H13Cl2N3. The van der Waals surface area contributed by atoms with Gasteiger partial charge in [-0.25, -0.2) is 4.98 Å². The molecule has 1 heterocycles. The zero-order valence-electron chi connectivity index (χ0n) is 9.95. The predicted molar refractivity (Wildman–Crippen MR) is 75.0 cm³/mol. The third kappa shape index (κ3) is 2.33. The molecule has 0 aliphatic heterocycles. The van der Waals surface area contributed by atoms with E-state index in [9.17, 15) is 0 Å². The minimum atomic E-state index is 0.545. The maximum absolute atomic E-state index is 6.23. The molecule has 0 atom stereocenters. The summed E-state index contributed by atoms with van der Waals surface area (Å²) in [6, 6.07) is 5.98. The van der Waals surface area contributed by atoms with Gasteiger partial charge in [-0.1, -0.05) is 23.2 Å². The highest BCUT2D eigenvalue weighted by atomic mass is 35.5. The molecule has 0 spiro atoms. The van der Waals surface area contributed by atoms with Crippen LogP contribution in [0.4, 0.5) is 5.95 Å². The number of rotatable bonds is 3. The number of nitrogens with zero attached hydrogens (tertiary/aromatic N) is 2. The molecule has 0 unspecified atom stereocenters. The van der Waals surface area contributed by atoms with Crippen molar-refractivity contribution in [2.24, 2.45) is 0 Å². The van der Waals surface area contributed by atoms with E-state index < -0.39 is 0 Å². The van der Waals surface area contributed by atoms with Crippen LogP contribution in [0.2, 0.25) is 10.0 Å². The van der Waals surface area contributed by atoms with Gasteiger partial charge in [0.05, 0.1) is 16.4 Å². The predicted octanol–water partition coefficient (Wildman–Crippen LogP) is 4.06. The van der Waals surface area contributed by atoms with Crippen LogP contribution in [0.1, 0.15) is 18.5 Å². The van der Waals surface area contributed by atoms with Crippen molar-refractivity contribution in [2.75, 3.05) is 5.32 Å². The second kappa shape index (κ2) is 4.48. The second-order valence-electron chi connectivity index (χ2n) is 4.59. The van der Waals surface area contributed by atoms with Crippen molar-refractivity contribution < 1.29 is 0 Å². The van der Waals surface area contributed by atoms with Crippen molar-refractivity contribution in [2.45, 2.75) is 25.8 Å². The van der Waals surface area contributed by atoms with Crippen molar-refractivity contribution >= 4 is 29.2 Å². The molecule has 0 radical (unpaired) electrons. The lowest BCUT2D eigenvalue weighted by Gasteiger charge is -2.10. The van der Waals surface area contributed by atoms with E-state index in [1.807, 2.05) is 23.8 Å². The maximum Gasteiger partial charge on any atom is 0.208 e. The molecule has 1 aromatic carbocycles. The van der Waals surface area contributed by atoms with Gasteiger partial charge in [0.1, 0.15) is 0 Å². The minimum absolute atomic E-state index is 0.545. The molecule has 5 heteroatoms. The van der Waals surface area contributed by atoms with Crippen LogP contribution in [0.25, 0.3) is 5.69 Å². The van der Waals surface area contributed by atoms with Crippen molar-refractivity contribution in [1.29, 1.82) is 0 Å². The molecule has 1 aliphatic carbocycles. The lowest BCUT2D eigenvalue weighted by molar-refractivity contribution is 1.00. The average Bonchev–Trinajstić information content (AvgIpc) is 3.05. The van der Waals surface area contributed by atoms with E-state index in [4.69, 9.17) is 23.2 Å². The van der Waals surface area contributed by atoms with Crippen LogP contribution in [0.3, 0.4) is 0 Å². The van der Waals surface area contributed by atoms with E-state index in [1.165, 1.54) is 12.8 Å². The number of hydrogen-bond donors (Lipinski definition) is 1. The lowest BCUT2D eigenvalue weighted by atomic mass is 10.3. The number of aromatic nitrogens is 2. The number of imidazole rings is 1. The Morgan fingerprint density at radius 2 is 2.11 bits per heavy atom. The van der Waals surface area contributed by atoms with Gasteiger partial charge in [0.2, 0.25) is 5.95 Å². The fraction of sp³-hybridized carbons (Fsp3) is 0.308. The topological polar surface area (TPSA) is 29.9 Å². The normalized spacial score (nSPS) is 14.8. The number of aryl methyl sites for hydroxylation is 1. The molecule has 18 heavy (non-hydrogen) atoms. The van der Waals surface area contributed by atoms with Crippen LogP contribution in [0.5, 0.6) is 0 Å². The van der Waals surface area contributed by atoms with Gasteiger partial charge < -0.3 is 5.32 Å². The van der Waals surface area contributed by atoms with Crippen molar-refractivity contribution in [1.82, 2.24) is 9.55 Å². The Balaban J connectivity index is 2.06. The highest BCUT2D eigenvalue weighted by molar-refractivity contribution is 6.34. The first-order valence-corrected chi connectivity index (χ1v) is 6.67. The Labute approximate surface area is 116 Å². The summed E-state index contributed by atoms with van der Waals surface area (Å²) in [4.78, 5) is 4.49. The summed E-state index contributed by atoms with van der Waals surface area (Å²) in [5.41, 5.74) is 1.81. The maximum atomic E-state index is 6.23. The van der Waals surface area contributed by atoms with Crippen LogP contribution < -0.4 is 5.32 Å². The molecule has 0 saturated heterocycles. The largest absolute Gasteiger partial charge is 0.353 e. The molecule has 1 saturated carbocycles. The third-order valence-corrected chi connectivity index (χ3v) is 3.46. The first-order chi connectivity index (χ1) is 8.63. The zero-order chi connectivity index (χ0) is 12.7. The quantitative estimate of drug-likeness (QED) is 0.920. The highest BCUT2D eigenvalue weighted by Crippen LogP contribution is 2.30. The number of hydrogen-bond acceptors (Lipinski definition) is 2. The molecule has 2 aromatic rings. The summed E-state index contributed by atoms with van der Waals surface area (Å²) in [7, 11) is 0. The Morgan fingerprint density at radius 1 is 1.33 bits per heavy atom. The fourth-order valence-corrected chi connectivity index (χ4v) is 2.24. The minimum Gasteiger partial charge on any atom is -0.353 e. The van der Waals surface area contributed by atoms with Gasteiger partial charge in [-0.05, 0) is 38.0 Å². The molecular weight excluding hydrogens is 269 g/mol. The van der Waals surface area contributed by atoms with E-state index in [1.54, 1.807) is 12.1 Å². The number of halogens is 2.